The molecule has 8 heteroatoms. The normalized spacial score (nSPS) is 14.8. The number of nitrogens with zero attached hydrogens (tertiary/aromatic N) is 5. The summed E-state index contributed by atoms with van der Waals surface area (Å²) in [7, 11) is 1.83. The van der Waals surface area contributed by atoms with Crippen LogP contribution in [0.25, 0.3) is 17.0 Å². The topological polar surface area (TPSA) is 97.6 Å². The minimum Gasteiger partial charge on any atom is -0.342 e. The average Bonchev–Trinajstić information content (AvgIpc) is 3.16. The van der Waals surface area contributed by atoms with Crippen LogP contribution in [0.2, 0.25) is 0 Å². The van der Waals surface area contributed by atoms with Crippen molar-refractivity contribution in [3.8, 4) is 11.4 Å². The summed E-state index contributed by atoms with van der Waals surface area (Å²) in [6.07, 6.45) is 6.91. The second-order valence-electron chi connectivity index (χ2n) is 6.10. The predicted octanol–water partition coefficient (Wildman–Crippen LogP) is 2.38. The van der Waals surface area contributed by atoms with Gasteiger partial charge in [0.2, 0.25) is 0 Å². The highest BCUT2D eigenvalue weighted by molar-refractivity contribution is 6.31. The third-order valence-corrected chi connectivity index (χ3v) is 4.18. The lowest BCUT2D eigenvalue weighted by Gasteiger charge is -2.08. The van der Waals surface area contributed by atoms with Gasteiger partial charge in [-0.2, -0.15) is 5.10 Å². The molecule has 2 N–H and O–H groups in total. The summed E-state index contributed by atoms with van der Waals surface area (Å²) in [5.41, 5.74) is 4.18. The number of hydrogen-bond donors (Lipinski definition) is 2. The summed E-state index contributed by atoms with van der Waals surface area (Å²) in [6.45, 7) is 3.80. The standard InChI is InChI=1S/C18H17N7O/c1-10-4-6-19-8-12(10)17-20-9-13-16(23-17)15(18(26)22-13)11(2)21-14-5-7-25(3)24-14/h4-9H,1-3H3,(H,21,24)(H,22,26). The van der Waals surface area contributed by atoms with Gasteiger partial charge in [-0.05, 0) is 25.5 Å². The Labute approximate surface area is 150 Å². The van der Waals surface area contributed by atoms with Gasteiger partial charge in [0, 0.05) is 43.0 Å². The van der Waals surface area contributed by atoms with Crippen molar-refractivity contribution in [3.05, 3.63) is 53.9 Å². The first-order valence-electron chi connectivity index (χ1n) is 8.10. The van der Waals surface area contributed by atoms with Crippen molar-refractivity contribution in [2.24, 2.45) is 7.05 Å². The van der Waals surface area contributed by atoms with Crippen LogP contribution in [0, 0.1) is 6.92 Å². The number of amides is 1. The van der Waals surface area contributed by atoms with E-state index in [0.717, 1.165) is 11.1 Å². The van der Waals surface area contributed by atoms with E-state index in [9.17, 15) is 4.79 Å². The molecule has 0 radical (unpaired) electrons. The van der Waals surface area contributed by atoms with Crippen LogP contribution in [-0.4, -0.2) is 30.6 Å². The number of fused-ring (bicyclic) bond motifs is 1. The summed E-state index contributed by atoms with van der Waals surface area (Å²) in [4.78, 5) is 25.6. The number of aryl methyl sites for hydroxylation is 2. The summed E-state index contributed by atoms with van der Waals surface area (Å²) < 4.78 is 1.69. The molecule has 0 aliphatic carbocycles. The van der Waals surface area contributed by atoms with Crippen molar-refractivity contribution in [2.75, 3.05) is 10.6 Å². The van der Waals surface area contributed by atoms with E-state index in [-0.39, 0.29) is 5.91 Å². The number of anilines is 2. The smallest absolute Gasteiger partial charge is 0.259 e. The van der Waals surface area contributed by atoms with E-state index in [1.54, 1.807) is 23.3 Å². The highest BCUT2D eigenvalue weighted by atomic mass is 16.2. The molecule has 1 aliphatic rings. The summed E-state index contributed by atoms with van der Waals surface area (Å²) in [5.74, 6) is 0.986. The van der Waals surface area contributed by atoms with Crippen molar-refractivity contribution < 1.29 is 4.79 Å². The van der Waals surface area contributed by atoms with Crippen LogP contribution in [0.1, 0.15) is 18.2 Å². The van der Waals surface area contributed by atoms with Crippen molar-refractivity contribution >= 4 is 23.0 Å². The zero-order valence-corrected chi connectivity index (χ0v) is 14.6. The van der Waals surface area contributed by atoms with Gasteiger partial charge >= 0.3 is 0 Å². The number of carbonyl (C=O) groups excluding carboxylic acids is 1. The highest BCUT2D eigenvalue weighted by Crippen LogP contribution is 2.33. The quantitative estimate of drug-likeness (QED) is 0.706. The minimum atomic E-state index is -0.213. The molecule has 0 saturated carbocycles. The highest BCUT2D eigenvalue weighted by Gasteiger charge is 2.29. The van der Waals surface area contributed by atoms with Gasteiger partial charge in [0.25, 0.3) is 5.91 Å². The number of allylic oxidation sites excluding steroid dienone is 1. The molecule has 0 aromatic carbocycles. The number of nitrogens with one attached hydrogen (secondary N) is 2. The zero-order chi connectivity index (χ0) is 18.3. The fourth-order valence-electron chi connectivity index (χ4n) is 2.87. The van der Waals surface area contributed by atoms with Gasteiger partial charge in [0.1, 0.15) is 5.69 Å². The van der Waals surface area contributed by atoms with E-state index in [2.05, 4.69) is 30.7 Å². The molecule has 4 heterocycles. The van der Waals surface area contributed by atoms with Gasteiger partial charge < -0.3 is 10.6 Å². The average molecular weight is 347 g/mol. The van der Waals surface area contributed by atoms with E-state index in [4.69, 9.17) is 0 Å². The van der Waals surface area contributed by atoms with Crippen molar-refractivity contribution in [1.29, 1.82) is 0 Å². The monoisotopic (exact) mass is 347 g/mol. The lowest BCUT2D eigenvalue weighted by molar-refractivity contribution is -0.110. The van der Waals surface area contributed by atoms with Gasteiger partial charge in [-0.15, -0.1) is 0 Å². The summed E-state index contributed by atoms with van der Waals surface area (Å²) in [5, 5.41) is 10.2. The van der Waals surface area contributed by atoms with E-state index in [1.807, 2.05) is 39.2 Å². The van der Waals surface area contributed by atoms with Crippen molar-refractivity contribution in [2.45, 2.75) is 13.8 Å². The number of rotatable bonds is 3. The first kappa shape index (κ1) is 15.9. The molecular formula is C18H17N7O. The van der Waals surface area contributed by atoms with Gasteiger partial charge in [0.05, 0.1) is 17.5 Å². The molecule has 0 fully saturated rings. The number of carbonyl (C=O) groups is 1. The number of hydrogen-bond acceptors (Lipinski definition) is 6. The Morgan fingerprint density at radius 1 is 1.27 bits per heavy atom. The predicted molar refractivity (Wildman–Crippen MR) is 98.1 cm³/mol. The molecule has 3 aromatic rings. The molecule has 1 amide bonds. The molecule has 0 bridgehead atoms. The Bertz CT molecular complexity index is 1050. The van der Waals surface area contributed by atoms with Crippen LogP contribution in [-0.2, 0) is 11.8 Å². The summed E-state index contributed by atoms with van der Waals surface area (Å²) >= 11 is 0. The maximum absolute atomic E-state index is 12.5. The van der Waals surface area contributed by atoms with E-state index in [1.165, 1.54) is 0 Å². The lowest BCUT2D eigenvalue weighted by Crippen LogP contribution is -2.09. The van der Waals surface area contributed by atoms with Crippen LogP contribution in [0.15, 0.2) is 42.6 Å². The number of pyridine rings is 1. The van der Waals surface area contributed by atoms with Crippen LogP contribution < -0.4 is 10.6 Å². The Kier molecular flexibility index (Phi) is 3.72. The molecule has 8 nitrogen and oxygen atoms in total. The molecule has 0 atom stereocenters. The molecule has 3 aromatic heterocycles. The first-order valence-corrected chi connectivity index (χ1v) is 8.10. The molecule has 1 aliphatic heterocycles. The second-order valence-corrected chi connectivity index (χ2v) is 6.10. The maximum Gasteiger partial charge on any atom is 0.259 e. The molecule has 0 unspecified atom stereocenters. The molecule has 26 heavy (non-hydrogen) atoms. The fourth-order valence-corrected chi connectivity index (χ4v) is 2.87. The van der Waals surface area contributed by atoms with E-state index < -0.39 is 0 Å². The van der Waals surface area contributed by atoms with Crippen LogP contribution in [0.5, 0.6) is 0 Å². The minimum absolute atomic E-state index is 0.213. The molecule has 4 rings (SSSR count). The zero-order valence-electron chi connectivity index (χ0n) is 14.6. The Balaban J connectivity index is 1.78. The fraction of sp³-hybridized carbons (Fsp3) is 0.167. The molecule has 0 spiro atoms. The maximum atomic E-state index is 12.5. The Morgan fingerprint density at radius 2 is 2.12 bits per heavy atom. The van der Waals surface area contributed by atoms with E-state index in [0.29, 0.717) is 34.3 Å². The van der Waals surface area contributed by atoms with Crippen molar-refractivity contribution in [3.63, 3.8) is 0 Å². The Morgan fingerprint density at radius 3 is 2.85 bits per heavy atom. The van der Waals surface area contributed by atoms with Gasteiger partial charge in [-0.25, -0.2) is 9.97 Å². The van der Waals surface area contributed by atoms with Crippen LogP contribution in [0.3, 0.4) is 0 Å². The third kappa shape index (κ3) is 2.71. The first-order chi connectivity index (χ1) is 12.5. The SMILES string of the molecule is CC(Nc1ccn(C)n1)=C1C(=O)Nc2cnc(-c3cnccc3C)nc21. The van der Waals surface area contributed by atoms with Gasteiger partial charge in [-0.1, -0.05) is 0 Å². The lowest BCUT2D eigenvalue weighted by atomic mass is 10.1. The summed E-state index contributed by atoms with van der Waals surface area (Å²) in [6, 6.07) is 3.74. The molecule has 130 valence electrons. The van der Waals surface area contributed by atoms with Crippen molar-refractivity contribution in [1.82, 2.24) is 24.7 Å². The third-order valence-electron chi connectivity index (χ3n) is 4.18. The van der Waals surface area contributed by atoms with Gasteiger partial charge in [0.15, 0.2) is 11.6 Å². The Hall–Kier alpha value is -3.55. The molecule has 0 saturated heterocycles. The van der Waals surface area contributed by atoms with Crippen LogP contribution in [0.4, 0.5) is 11.5 Å². The largest absolute Gasteiger partial charge is 0.342 e. The molecular weight excluding hydrogens is 330 g/mol. The van der Waals surface area contributed by atoms with E-state index >= 15 is 0 Å². The second kappa shape index (κ2) is 6.07. The van der Waals surface area contributed by atoms with Crippen LogP contribution >= 0.6 is 0 Å². The van der Waals surface area contributed by atoms with Gasteiger partial charge in [-0.3, -0.25) is 14.5 Å². The number of aromatic nitrogens is 5.